The molecule has 0 aliphatic heterocycles. The highest BCUT2D eigenvalue weighted by Crippen LogP contribution is 2.12. The molecule has 0 saturated carbocycles. The van der Waals surface area contributed by atoms with Gasteiger partial charge in [-0.1, -0.05) is 0 Å². The number of carbonyl (C=O) groups is 1. The fourth-order valence-electron chi connectivity index (χ4n) is 1.62. The van der Waals surface area contributed by atoms with E-state index in [1.165, 1.54) is 24.3 Å². The number of benzene rings is 1. The largest absolute Gasteiger partial charge is 0.351 e. The summed E-state index contributed by atoms with van der Waals surface area (Å²) in [5.41, 5.74) is -0.265. The summed E-state index contributed by atoms with van der Waals surface area (Å²) in [6.07, 6.45) is 0. The van der Waals surface area contributed by atoms with Crippen molar-refractivity contribution in [2.24, 2.45) is 0 Å². The summed E-state index contributed by atoms with van der Waals surface area (Å²) in [7, 11) is 0. The normalized spacial score (nSPS) is 10.5. The first-order chi connectivity index (χ1) is 8.11. The van der Waals surface area contributed by atoms with Crippen molar-refractivity contribution in [1.82, 2.24) is 10.3 Å². The molecule has 0 fully saturated rings. The Morgan fingerprint density at radius 1 is 1.41 bits per heavy atom. The zero-order valence-electron chi connectivity index (χ0n) is 9.21. The molecule has 1 heterocycles. The van der Waals surface area contributed by atoms with Gasteiger partial charge in [0, 0.05) is 11.9 Å². The van der Waals surface area contributed by atoms with Crippen molar-refractivity contribution in [3.05, 3.63) is 46.1 Å². The highest BCUT2D eigenvalue weighted by molar-refractivity contribution is 5.96. The molecule has 5 heteroatoms. The highest BCUT2D eigenvalue weighted by Gasteiger charge is 2.08. The molecule has 0 saturated heterocycles. The Bertz CT molecular complexity index is 634. The predicted molar refractivity (Wildman–Crippen MR) is 62.5 cm³/mol. The summed E-state index contributed by atoms with van der Waals surface area (Å²) < 4.78 is 13.0. The van der Waals surface area contributed by atoms with Crippen molar-refractivity contribution in [2.45, 2.75) is 6.92 Å². The molecule has 1 aromatic heterocycles. The van der Waals surface area contributed by atoms with E-state index in [0.717, 1.165) is 0 Å². The summed E-state index contributed by atoms with van der Waals surface area (Å²) >= 11 is 0. The molecule has 0 unspecified atom stereocenters. The lowest BCUT2D eigenvalue weighted by Gasteiger charge is -2.03. The van der Waals surface area contributed by atoms with Crippen molar-refractivity contribution in [1.29, 1.82) is 0 Å². The minimum Gasteiger partial charge on any atom is -0.351 e. The second kappa shape index (κ2) is 4.37. The molecule has 2 rings (SSSR count). The molecule has 0 aliphatic rings. The first-order valence-corrected chi connectivity index (χ1v) is 5.22. The average molecular weight is 234 g/mol. The Kier molecular flexibility index (Phi) is 2.91. The van der Waals surface area contributed by atoms with Gasteiger partial charge in [-0.15, -0.1) is 0 Å². The van der Waals surface area contributed by atoms with Crippen LogP contribution in [0.4, 0.5) is 4.39 Å². The minimum absolute atomic E-state index is 0.134. The lowest BCUT2D eigenvalue weighted by atomic mass is 10.1. The number of carbonyl (C=O) groups excluding carboxylic acids is 1. The van der Waals surface area contributed by atoms with E-state index in [-0.39, 0.29) is 11.6 Å². The summed E-state index contributed by atoms with van der Waals surface area (Å²) in [6.45, 7) is 2.23. The first kappa shape index (κ1) is 11.3. The molecule has 0 bridgehead atoms. The van der Waals surface area contributed by atoms with Crippen molar-refractivity contribution >= 4 is 16.7 Å². The van der Waals surface area contributed by atoms with Gasteiger partial charge in [-0.05, 0) is 36.6 Å². The van der Waals surface area contributed by atoms with E-state index in [4.69, 9.17) is 0 Å². The van der Waals surface area contributed by atoms with Crippen molar-refractivity contribution in [2.75, 3.05) is 6.54 Å². The number of hydrogen-bond acceptors (Lipinski definition) is 2. The first-order valence-electron chi connectivity index (χ1n) is 5.22. The van der Waals surface area contributed by atoms with Gasteiger partial charge in [0.1, 0.15) is 11.5 Å². The lowest BCUT2D eigenvalue weighted by Crippen LogP contribution is -2.26. The van der Waals surface area contributed by atoms with E-state index >= 15 is 0 Å². The summed E-state index contributed by atoms with van der Waals surface area (Å²) in [6, 6.07) is 5.30. The number of pyridine rings is 1. The molecule has 1 amide bonds. The van der Waals surface area contributed by atoms with Gasteiger partial charge in [0.2, 0.25) is 0 Å². The number of aromatic nitrogens is 1. The molecule has 0 aliphatic carbocycles. The number of aromatic amines is 1. The highest BCUT2D eigenvalue weighted by atomic mass is 19.1. The van der Waals surface area contributed by atoms with Crippen LogP contribution in [-0.2, 0) is 0 Å². The van der Waals surface area contributed by atoms with E-state index in [2.05, 4.69) is 10.3 Å². The van der Waals surface area contributed by atoms with Crippen LogP contribution in [0.15, 0.2) is 29.1 Å². The summed E-state index contributed by atoms with van der Waals surface area (Å²) in [4.78, 5) is 25.7. The predicted octanol–water partition coefficient (Wildman–Crippen LogP) is 1.42. The number of halogens is 1. The van der Waals surface area contributed by atoms with E-state index < -0.39 is 11.4 Å². The molecule has 2 aromatic rings. The number of H-pyrrole nitrogens is 1. The number of hydrogen-bond donors (Lipinski definition) is 2. The van der Waals surface area contributed by atoms with Crippen LogP contribution >= 0.6 is 0 Å². The molecule has 88 valence electrons. The standard InChI is InChI=1S/C12H11FN2O2/c1-2-14-12(17)10-6-7-5-8(13)3-4-9(7)11(16)15-10/h3-6H,2H2,1H3,(H,14,17)(H,15,16). The topological polar surface area (TPSA) is 62.0 Å². The van der Waals surface area contributed by atoms with E-state index in [1.54, 1.807) is 6.92 Å². The van der Waals surface area contributed by atoms with Crippen LogP contribution in [0.5, 0.6) is 0 Å². The van der Waals surface area contributed by atoms with Gasteiger partial charge in [0.15, 0.2) is 0 Å². The van der Waals surface area contributed by atoms with E-state index in [1.807, 2.05) is 0 Å². The molecule has 2 N–H and O–H groups in total. The van der Waals surface area contributed by atoms with Crippen LogP contribution in [0.1, 0.15) is 17.4 Å². The van der Waals surface area contributed by atoms with Crippen LogP contribution in [-0.4, -0.2) is 17.4 Å². The maximum atomic E-state index is 13.0. The van der Waals surface area contributed by atoms with Crippen LogP contribution < -0.4 is 10.9 Å². The maximum Gasteiger partial charge on any atom is 0.267 e. The zero-order chi connectivity index (χ0) is 12.4. The van der Waals surface area contributed by atoms with Gasteiger partial charge in [0.25, 0.3) is 11.5 Å². The van der Waals surface area contributed by atoms with Crippen LogP contribution in [0.25, 0.3) is 10.8 Å². The number of amides is 1. The average Bonchev–Trinajstić information content (AvgIpc) is 2.28. The van der Waals surface area contributed by atoms with Crippen LogP contribution in [0, 0.1) is 5.82 Å². The molecule has 4 nitrogen and oxygen atoms in total. The van der Waals surface area contributed by atoms with Gasteiger partial charge in [-0.2, -0.15) is 0 Å². The molecule has 1 aromatic carbocycles. The Labute approximate surface area is 96.5 Å². The Hall–Kier alpha value is -2.17. The molecule has 0 spiro atoms. The lowest BCUT2D eigenvalue weighted by molar-refractivity contribution is 0.0951. The van der Waals surface area contributed by atoms with Gasteiger partial charge >= 0.3 is 0 Å². The number of nitrogens with one attached hydrogen (secondary N) is 2. The molecular weight excluding hydrogens is 223 g/mol. The van der Waals surface area contributed by atoms with Crippen molar-refractivity contribution < 1.29 is 9.18 Å². The minimum atomic E-state index is -0.440. The molecule has 0 radical (unpaired) electrons. The molecular formula is C12H11FN2O2. The maximum absolute atomic E-state index is 13.0. The van der Waals surface area contributed by atoms with E-state index in [0.29, 0.717) is 17.3 Å². The van der Waals surface area contributed by atoms with Gasteiger partial charge in [0.05, 0.1) is 0 Å². The quantitative estimate of drug-likeness (QED) is 0.825. The molecule has 17 heavy (non-hydrogen) atoms. The third kappa shape index (κ3) is 2.18. The SMILES string of the molecule is CCNC(=O)c1cc2cc(F)ccc2c(=O)[nH]1. The monoisotopic (exact) mass is 234 g/mol. The van der Waals surface area contributed by atoms with Crippen molar-refractivity contribution in [3.8, 4) is 0 Å². The van der Waals surface area contributed by atoms with Gasteiger partial charge < -0.3 is 10.3 Å². The third-order valence-electron chi connectivity index (χ3n) is 2.39. The Balaban J connectivity index is 2.61. The Morgan fingerprint density at radius 3 is 2.88 bits per heavy atom. The number of rotatable bonds is 2. The molecule has 0 atom stereocenters. The Morgan fingerprint density at radius 2 is 2.18 bits per heavy atom. The third-order valence-corrected chi connectivity index (χ3v) is 2.39. The smallest absolute Gasteiger partial charge is 0.267 e. The zero-order valence-corrected chi connectivity index (χ0v) is 9.21. The van der Waals surface area contributed by atoms with Gasteiger partial charge in [-0.25, -0.2) is 4.39 Å². The van der Waals surface area contributed by atoms with Crippen LogP contribution in [0.2, 0.25) is 0 Å². The summed E-state index contributed by atoms with van der Waals surface area (Å²) in [5, 5.41) is 3.34. The van der Waals surface area contributed by atoms with E-state index in [9.17, 15) is 14.0 Å². The summed E-state index contributed by atoms with van der Waals surface area (Å²) in [5.74, 6) is -0.819. The fourth-order valence-corrected chi connectivity index (χ4v) is 1.62. The fraction of sp³-hybridized carbons (Fsp3) is 0.167. The number of fused-ring (bicyclic) bond motifs is 1. The second-order valence-corrected chi connectivity index (χ2v) is 3.60. The van der Waals surface area contributed by atoms with Crippen LogP contribution in [0.3, 0.4) is 0 Å². The van der Waals surface area contributed by atoms with Crippen molar-refractivity contribution in [3.63, 3.8) is 0 Å². The second-order valence-electron chi connectivity index (χ2n) is 3.60. The van der Waals surface area contributed by atoms with Gasteiger partial charge in [-0.3, -0.25) is 9.59 Å².